The molecule has 1 fully saturated rings. The van der Waals surface area contributed by atoms with Gasteiger partial charge in [0.05, 0.1) is 0 Å². The van der Waals surface area contributed by atoms with Crippen LogP contribution in [-0.4, -0.2) is 48.6 Å². The van der Waals surface area contributed by atoms with Gasteiger partial charge in [0, 0.05) is 13.1 Å². The van der Waals surface area contributed by atoms with Crippen LogP contribution >= 0.6 is 0 Å². The highest BCUT2D eigenvalue weighted by Gasteiger charge is 2.18. The first-order valence-corrected chi connectivity index (χ1v) is 6.78. The minimum atomic E-state index is 0.361. The molecule has 0 radical (unpaired) electrons. The van der Waals surface area contributed by atoms with Crippen molar-refractivity contribution in [3.05, 3.63) is 29.8 Å². The fourth-order valence-electron chi connectivity index (χ4n) is 2.72. The molecule has 100 valence electrons. The first kappa shape index (κ1) is 13.4. The van der Waals surface area contributed by atoms with Crippen molar-refractivity contribution >= 4 is 0 Å². The van der Waals surface area contributed by atoms with Crippen LogP contribution < -0.4 is 0 Å². The summed E-state index contributed by atoms with van der Waals surface area (Å²) in [5, 5.41) is 9.45. The highest BCUT2D eigenvalue weighted by molar-refractivity contribution is 5.26. The van der Waals surface area contributed by atoms with Gasteiger partial charge >= 0.3 is 0 Å². The van der Waals surface area contributed by atoms with Crippen LogP contribution in [-0.2, 0) is 6.54 Å². The number of hydrogen-bond donors (Lipinski definition) is 1. The van der Waals surface area contributed by atoms with Crippen LogP contribution in [0.15, 0.2) is 24.3 Å². The molecular weight excluding hydrogens is 224 g/mol. The van der Waals surface area contributed by atoms with Crippen LogP contribution in [0.2, 0.25) is 0 Å². The summed E-state index contributed by atoms with van der Waals surface area (Å²) < 4.78 is 0. The Morgan fingerprint density at radius 1 is 1.33 bits per heavy atom. The monoisotopic (exact) mass is 248 g/mol. The molecule has 0 aromatic heterocycles. The highest BCUT2D eigenvalue weighted by Crippen LogP contribution is 2.18. The molecule has 1 aromatic rings. The predicted octanol–water partition coefficient (Wildman–Crippen LogP) is 2.17. The van der Waals surface area contributed by atoms with Crippen LogP contribution in [0.4, 0.5) is 0 Å². The maximum atomic E-state index is 9.45. The molecule has 1 saturated heterocycles. The van der Waals surface area contributed by atoms with Gasteiger partial charge in [0.15, 0.2) is 0 Å². The average Bonchev–Trinajstić information content (AvgIpc) is 2.32. The van der Waals surface area contributed by atoms with E-state index in [0.717, 1.165) is 19.0 Å². The van der Waals surface area contributed by atoms with Crippen molar-refractivity contribution < 1.29 is 5.11 Å². The van der Waals surface area contributed by atoms with E-state index in [-0.39, 0.29) is 0 Å². The van der Waals surface area contributed by atoms with Gasteiger partial charge in [-0.1, -0.05) is 12.1 Å². The summed E-state index contributed by atoms with van der Waals surface area (Å²) >= 11 is 0. The normalized spacial score (nSPS) is 18.4. The van der Waals surface area contributed by atoms with Crippen LogP contribution in [0.1, 0.15) is 18.4 Å². The molecule has 1 aliphatic rings. The van der Waals surface area contributed by atoms with Gasteiger partial charge in [0.25, 0.3) is 0 Å². The van der Waals surface area contributed by atoms with Gasteiger partial charge in [0.2, 0.25) is 0 Å². The molecule has 2 rings (SSSR count). The summed E-state index contributed by atoms with van der Waals surface area (Å²) in [5.41, 5.74) is 1.19. The number of likely N-dealkylation sites (tertiary alicyclic amines) is 1. The maximum Gasteiger partial charge on any atom is 0.115 e. The summed E-state index contributed by atoms with van der Waals surface area (Å²) in [6.07, 6.45) is 2.61. The van der Waals surface area contributed by atoms with Gasteiger partial charge in [-0.05, 0) is 63.6 Å². The zero-order valence-corrected chi connectivity index (χ0v) is 11.5. The summed E-state index contributed by atoms with van der Waals surface area (Å²) in [7, 11) is 4.37. The quantitative estimate of drug-likeness (QED) is 0.884. The Labute approximate surface area is 110 Å². The van der Waals surface area contributed by atoms with Crippen molar-refractivity contribution in [2.75, 3.05) is 33.7 Å². The second kappa shape index (κ2) is 6.21. The third kappa shape index (κ3) is 4.00. The molecule has 1 N–H and O–H groups in total. The van der Waals surface area contributed by atoms with Gasteiger partial charge in [-0.25, -0.2) is 0 Å². The summed E-state index contributed by atoms with van der Waals surface area (Å²) in [6, 6.07) is 7.56. The Bertz CT molecular complexity index is 373. The van der Waals surface area contributed by atoms with Crippen LogP contribution in [0.5, 0.6) is 5.75 Å². The van der Waals surface area contributed by atoms with Crippen LogP contribution in [0, 0.1) is 5.92 Å². The molecule has 0 atom stereocenters. The lowest BCUT2D eigenvalue weighted by Gasteiger charge is -2.31. The van der Waals surface area contributed by atoms with E-state index in [1.165, 1.54) is 31.5 Å². The molecule has 0 bridgehead atoms. The van der Waals surface area contributed by atoms with E-state index in [2.05, 4.69) is 30.0 Å². The number of rotatable bonds is 4. The van der Waals surface area contributed by atoms with Crippen molar-refractivity contribution in [1.82, 2.24) is 9.80 Å². The second-order valence-corrected chi connectivity index (χ2v) is 5.61. The SMILES string of the molecule is CN1CCC(CN(C)Cc2cccc(O)c2)CC1. The Morgan fingerprint density at radius 3 is 2.72 bits per heavy atom. The highest BCUT2D eigenvalue weighted by atomic mass is 16.3. The number of piperidine rings is 1. The molecule has 0 saturated carbocycles. The van der Waals surface area contributed by atoms with Gasteiger partial charge < -0.3 is 14.9 Å². The number of phenolic OH excluding ortho intramolecular Hbond substituents is 1. The van der Waals surface area contributed by atoms with E-state index < -0.39 is 0 Å². The molecule has 1 aliphatic heterocycles. The smallest absolute Gasteiger partial charge is 0.115 e. The van der Waals surface area contributed by atoms with E-state index in [1.807, 2.05) is 12.1 Å². The summed E-state index contributed by atoms with van der Waals surface area (Å²) in [5.74, 6) is 1.18. The van der Waals surface area contributed by atoms with Gasteiger partial charge in [-0.15, -0.1) is 0 Å². The molecule has 1 heterocycles. The van der Waals surface area contributed by atoms with Crippen molar-refractivity contribution in [2.45, 2.75) is 19.4 Å². The predicted molar refractivity (Wildman–Crippen MR) is 74.7 cm³/mol. The minimum absolute atomic E-state index is 0.361. The Kier molecular flexibility index (Phi) is 4.61. The van der Waals surface area contributed by atoms with Crippen LogP contribution in [0.3, 0.4) is 0 Å². The topological polar surface area (TPSA) is 26.7 Å². The van der Waals surface area contributed by atoms with Crippen molar-refractivity contribution in [1.29, 1.82) is 0 Å². The van der Waals surface area contributed by atoms with Gasteiger partial charge in [0.1, 0.15) is 5.75 Å². The zero-order valence-electron chi connectivity index (χ0n) is 11.5. The first-order chi connectivity index (χ1) is 8.63. The second-order valence-electron chi connectivity index (χ2n) is 5.61. The Morgan fingerprint density at radius 2 is 2.06 bits per heavy atom. The third-order valence-electron chi connectivity index (χ3n) is 3.77. The molecule has 0 unspecified atom stereocenters. The average molecular weight is 248 g/mol. The Hall–Kier alpha value is -1.06. The largest absolute Gasteiger partial charge is 0.508 e. The van der Waals surface area contributed by atoms with E-state index in [1.54, 1.807) is 6.07 Å². The van der Waals surface area contributed by atoms with Crippen molar-refractivity contribution in [3.63, 3.8) is 0 Å². The van der Waals surface area contributed by atoms with Crippen molar-refractivity contribution in [2.24, 2.45) is 5.92 Å². The number of phenols is 1. The fraction of sp³-hybridized carbons (Fsp3) is 0.600. The standard InChI is InChI=1S/C15H24N2O/c1-16-8-6-13(7-9-16)11-17(2)12-14-4-3-5-15(18)10-14/h3-5,10,13,18H,6-9,11-12H2,1-2H3. The Balaban J connectivity index is 1.80. The molecule has 1 aromatic carbocycles. The number of nitrogens with zero attached hydrogens (tertiary/aromatic N) is 2. The van der Waals surface area contributed by atoms with E-state index in [0.29, 0.717) is 5.75 Å². The number of aromatic hydroxyl groups is 1. The molecule has 3 heteroatoms. The maximum absolute atomic E-state index is 9.45. The number of hydrogen-bond acceptors (Lipinski definition) is 3. The molecular formula is C15H24N2O. The lowest BCUT2D eigenvalue weighted by molar-refractivity contribution is 0.173. The molecule has 0 aliphatic carbocycles. The third-order valence-corrected chi connectivity index (χ3v) is 3.77. The van der Waals surface area contributed by atoms with Crippen molar-refractivity contribution in [3.8, 4) is 5.75 Å². The van der Waals surface area contributed by atoms with Gasteiger partial charge in [-0.3, -0.25) is 0 Å². The van der Waals surface area contributed by atoms with Crippen LogP contribution in [0.25, 0.3) is 0 Å². The summed E-state index contributed by atoms with van der Waals surface area (Å²) in [6.45, 7) is 4.53. The number of benzene rings is 1. The fourth-order valence-corrected chi connectivity index (χ4v) is 2.72. The lowest BCUT2D eigenvalue weighted by Crippen LogP contribution is -2.35. The van der Waals surface area contributed by atoms with E-state index in [4.69, 9.17) is 0 Å². The van der Waals surface area contributed by atoms with E-state index in [9.17, 15) is 5.11 Å². The first-order valence-electron chi connectivity index (χ1n) is 6.78. The zero-order chi connectivity index (χ0) is 13.0. The molecule has 3 nitrogen and oxygen atoms in total. The molecule has 0 amide bonds. The van der Waals surface area contributed by atoms with E-state index >= 15 is 0 Å². The minimum Gasteiger partial charge on any atom is -0.508 e. The van der Waals surface area contributed by atoms with Gasteiger partial charge in [-0.2, -0.15) is 0 Å². The lowest BCUT2D eigenvalue weighted by atomic mass is 9.96. The molecule has 0 spiro atoms. The summed E-state index contributed by atoms with van der Waals surface area (Å²) in [4.78, 5) is 4.77. The molecule has 18 heavy (non-hydrogen) atoms.